The van der Waals surface area contributed by atoms with Crippen LogP contribution in [-0.4, -0.2) is 23.1 Å². The van der Waals surface area contributed by atoms with Gasteiger partial charge in [0.1, 0.15) is 0 Å². The maximum atomic E-state index is 11.7. The van der Waals surface area contributed by atoms with Gasteiger partial charge in [0.2, 0.25) is 5.91 Å². The van der Waals surface area contributed by atoms with E-state index in [2.05, 4.69) is 10.6 Å². The molecule has 2 rings (SSSR count). The standard InChI is InChI=1S/C12H13ClN2O3/c1-6-9(15-12(17)18)10(14-11(6)16)7-4-2-3-5-8(7)13/h2-6,9-10,15H,1H3,(H,14,16)(H,17,18). The van der Waals surface area contributed by atoms with Crippen LogP contribution in [0, 0.1) is 5.92 Å². The summed E-state index contributed by atoms with van der Waals surface area (Å²) < 4.78 is 0. The highest BCUT2D eigenvalue weighted by Crippen LogP contribution is 2.32. The van der Waals surface area contributed by atoms with E-state index in [-0.39, 0.29) is 5.91 Å². The normalized spacial score (nSPS) is 26.8. The van der Waals surface area contributed by atoms with E-state index in [0.717, 1.165) is 5.56 Å². The summed E-state index contributed by atoms with van der Waals surface area (Å²) in [6.07, 6.45) is -1.15. The van der Waals surface area contributed by atoms with Crippen molar-refractivity contribution in [2.45, 2.75) is 19.0 Å². The van der Waals surface area contributed by atoms with Crippen molar-refractivity contribution in [3.63, 3.8) is 0 Å². The molecule has 1 fully saturated rings. The predicted molar refractivity (Wildman–Crippen MR) is 66.4 cm³/mol. The van der Waals surface area contributed by atoms with Crippen LogP contribution in [0.5, 0.6) is 0 Å². The van der Waals surface area contributed by atoms with E-state index in [4.69, 9.17) is 16.7 Å². The third-order valence-electron chi connectivity index (χ3n) is 3.14. The van der Waals surface area contributed by atoms with Gasteiger partial charge in [0.05, 0.1) is 18.0 Å². The van der Waals surface area contributed by atoms with Gasteiger partial charge in [-0.3, -0.25) is 4.79 Å². The summed E-state index contributed by atoms with van der Waals surface area (Å²) in [7, 11) is 0. The molecule has 6 heteroatoms. The second-order valence-corrected chi connectivity index (χ2v) is 4.68. The molecule has 0 radical (unpaired) electrons. The van der Waals surface area contributed by atoms with Crippen molar-refractivity contribution in [2.24, 2.45) is 5.92 Å². The molecule has 96 valence electrons. The number of hydrogen-bond acceptors (Lipinski definition) is 2. The van der Waals surface area contributed by atoms with Crippen LogP contribution in [-0.2, 0) is 4.79 Å². The zero-order valence-electron chi connectivity index (χ0n) is 9.68. The molecule has 0 bridgehead atoms. The molecule has 1 aromatic carbocycles. The van der Waals surface area contributed by atoms with Gasteiger partial charge in [-0.1, -0.05) is 36.7 Å². The topological polar surface area (TPSA) is 78.4 Å². The van der Waals surface area contributed by atoms with Crippen LogP contribution in [0.3, 0.4) is 0 Å². The number of nitrogens with one attached hydrogen (secondary N) is 2. The van der Waals surface area contributed by atoms with Crippen LogP contribution in [0.25, 0.3) is 0 Å². The van der Waals surface area contributed by atoms with Crippen molar-refractivity contribution >= 4 is 23.6 Å². The molecule has 3 unspecified atom stereocenters. The third-order valence-corrected chi connectivity index (χ3v) is 3.48. The summed E-state index contributed by atoms with van der Waals surface area (Å²) in [6, 6.07) is 6.12. The second-order valence-electron chi connectivity index (χ2n) is 4.27. The third kappa shape index (κ3) is 2.26. The lowest BCUT2D eigenvalue weighted by Crippen LogP contribution is -2.40. The average molecular weight is 269 g/mol. The molecule has 3 atom stereocenters. The fourth-order valence-corrected chi connectivity index (χ4v) is 2.43. The summed E-state index contributed by atoms with van der Waals surface area (Å²) >= 11 is 6.08. The fraction of sp³-hybridized carbons (Fsp3) is 0.333. The van der Waals surface area contributed by atoms with Crippen LogP contribution in [0.4, 0.5) is 4.79 Å². The van der Waals surface area contributed by atoms with Crippen molar-refractivity contribution in [1.82, 2.24) is 10.6 Å². The smallest absolute Gasteiger partial charge is 0.404 e. The molecule has 1 aliphatic heterocycles. The molecular formula is C12H13ClN2O3. The van der Waals surface area contributed by atoms with E-state index in [1.54, 1.807) is 31.2 Å². The van der Waals surface area contributed by atoms with E-state index in [1.165, 1.54) is 0 Å². The summed E-state index contributed by atoms with van der Waals surface area (Å²) in [4.78, 5) is 22.5. The summed E-state index contributed by atoms with van der Waals surface area (Å²) in [6.45, 7) is 1.69. The Balaban J connectivity index is 2.33. The molecule has 0 spiro atoms. The van der Waals surface area contributed by atoms with Crippen LogP contribution in [0.15, 0.2) is 24.3 Å². The summed E-state index contributed by atoms with van der Waals surface area (Å²) in [5, 5.41) is 14.5. The number of hydrogen-bond donors (Lipinski definition) is 3. The van der Waals surface area contributed by atoms with E-state index >= 15 is 0 Å². The lowest BCUT2D eigenvalue weighted by molar-refractivity contribution is -0.122. The highest BCUT2D eigenvalue weighted by Gasteiger charge is 2.41. The predicted octanol–water partition coefficient (Wildman–Crippen LogP) is 1.78. The Kier molecular flexibility index (Phi) is 3.43. The maximum Gasteiger partial charge on any atom is 0.404 e. The van der Waals surface area contributed by atoms with Gasteiger partial charge in [-0.05, 0) is 11.6 Å². The molecule has 1 saturated heterocycles. The second kappa shape index (κ2) is 4.86. The van der Waals surface area contributed by atoms with E-state index < -0.39 is 24.1 Å². The van der Waals surface area contributed by atoms with Crippen molar-refractivity contribution in [1.29, 1.82) is 0 Å². The van der Waals surface area contributed by atoms with Crippen molar-refractivity contribution in [3.8, 4) is 0 Å². The van der Waals surface area contributed by atoms with Gasteiger partial charge in [0.25, 0.3) is 0 Å². The Hall–Kier alpha value is -1.75. The number of benzene rings is 1. The minimum absolute atomic E-state index is 0.182. The molecule has 2 amide bonds. The molecule has 3 N–H and O–H groups in total. The van der Waals surface area contributed by atoms with Crippen LogP contribution >= 0.6 is 11.6 Å². The Morgan fingerprint density at radius 3 is 2.72 bits per heavy atom. The first-order chi connectivity index (χ1) is 8.50. The first kappa shape index (κ1) is 12.7. The van der Waals surface area contributed by atoms with E-state index in [0.29, 0.717) is 5.02 Å². The summed E-state index contributed by atoms with van der Waals surface area (Å²) in [5.74, 6) is -0.610. The van der Waals surface area contributed by atoms with Crippen LogP contribution < -0.4 is 10.6 Å². The molecule has 1 aromatic rings. The molecular weight excluding hydrogens is 256 g/mol. The molecule has 0 saturated carbocycles. The molecule has 5 nitrogen and oxygen atoms in total. The summed E-state index contributed by atoms with van der Waals surface area (Å²) in [5.41, 5.74) is 0.718. The number of rotatable bonds is 2. The van der Waals surface area contributed by atoms with Gasteiger partial charge in [0, 0.05) is 5.02 Å². The van der Waals surface area contributed by atoms with Crippen molar-refractivity contribution in [3.05, 3.63) is 34.9 Å². The average Bonchev–Trinajstić information content (AvgIpc) is 2.57. The van der Waals surface area contributed by atoms with E-state index in [1.807, 2.05) is 0 Å². The maximum absolute atomic E-state index is 11.7. The zero-order chi connectivity index (χ0) is 13.3. The molecule has 1 aliphatic rings. The Morgan fingerprint density at radius 1 is 1.44 bits per heavy atom. The van der Waals surface area contributed by atoms with Crippen molar-refractivity contribution in [2.75, 3.05) is 0 Å². The molecule has 18 heavy (non-hydrogen) atoms. The highest BCUT2D eigenvalue weighted by atomic mass is 35.5. The van der Waals surface area contributed by atoms with Gasteiger partial charge in [-0.15, -0.1) is 0 Å². The largest absolute Gasteiger partial charge is 0.465 e. The lowest BCUT2D eigenvalue weighted by Gasteiger charge is -2.22. The Bertz CT molecular complexity index is 492. The first-order valence-corrected chi connectivity index (χ1v) is 5.92. The monoisotopic (exact) mass is 268 g/mol. The van der Waals surface area contributed by atoms with Gasteiger partial charge in [-0.2, -0.15) is 0 Å². The van der Waals surface area contributed by atoms with Crippen molar-refractivity contribution < 1.29 is 14.7 Å². The minimum Gasteiger partial charge on any atom is -0.465 e. The zero-order valence-corrected chi connectivity index (χ0v) is 10.4. The number of halogens is 1. The number of carbonyl (C=O) groups excluding carboxylic acids is 1. The first-order valence-electron chi connectivity index (χ1n) is 5.55. The Morgan fingerprint density at radius 2 is 2.11 bits per heavy atom. The number of carboxylic acid groups (broad SMARTS) is 1. The van der Waals surface area contributed by atoms with Gasteiger partial charge < -0.3 is 15.7 Å². The number of carbonyl (C=O) groups is 2. The highest BCUT2D eigenvalue weighted by molar-refractivity contribution is 6.31. The Labute approximate surface area is 109 Å². The van der Waals surface area contributed by atoms with Crippen LogP contribution in [0.1, 0.15) is 18.5 Å². The molecule has 0 aliphatic carbocycles. The quantitative estimate of drug-likeness (QED) is 0.765. The SMILES string of the molecule is CC1C(=O)NC(c2ccccc2Cl)C1NC(=O)O. The van der Waals surface area contributed by atoms with E-state index in [9.17, 15) is 9.59 Å². The molecule has 0 aromatic heterocycles. The fourth-order valence-electron chi connectivity index (χ4n) is 2.18. The van der Waals surface area contributed by atoms with Gasteiger partial charge >= 0.3 is 6.09 Å². The van der Waals surface area contributed by atoms with Gasteiger partial charge in [-0.25, -0.2) is 4.79 Å². The lowest BCUT2D eigenvalue weighted by atomic mass is 9.95. The van der Waals surface area contributed by atoms with Gasteiger partial charge in [0.15, 0.2) is 0 Å². The van der Waals surface area contributed by atoms with Crippen LogP contribution in [0.2, 0.25) is 5.02 Å². The minimum atomic E-state index is -1.15. The molecule has 1 heterocycles. The number of amides is 2.